The minimum Gasteiger partial charge on any atom is -0.322 e. The van der Waals surface area contributed by atoms with Crippen molar-refractivity contribution in [3.05, 3.63) is 35.6 Å². The lowest BCUT2D eigenvalue weighted by molar-refractivity contribution is -0.129. The fourth-order valence-corrected chi connectivity index (χ4v) is 2.47. The molecule has 0 radical (unpaired) electrons. The first kappa shape index (κ1) is 14.0. The van der Waals surface area contributed by atoms with Crippen LogP contribution in [0.4, 0.5) is 4.39 Å². The second-order valence-corrected chi connectivity index (χ2v) is 5.08. The van der Waals surface area contributed by atoms with E-state index in [4.69, 9.17) is 0 Å². The maximum Gasteiger partial charge on any atom is 0.241 e. The van der Waals surface area contributed by atoms with Gasteiger partial charge in [-0.15, -0.1) is 0 Å². The first-order valence-corrected chi connectivity index (χ1v) is 6.95. The van der Waals surface area contributed by atoms with Crippen LogP contribution in [0.5, 0.6) is 0 Å². The van der Waals surface area contributed by atoms with Gasteiger partial charge in [0.05, 0.1) is 6.04 Å². The number of carbonyl (C=O) groups is 1. The summed E-state index contributed by atoms with van der Waals surface area (Å²) in [7, 11) is 0. The summed E-state index contributed by atoms with van der Waals surface area (Å²) in [6.45, 7) is 4.77. The summed E-state index contributed by atoms with van der Waals surface area (Å²) < 4.78 is 13.0. The van der Waals surface area contributed by atoms with Crippen LogP contribution in [0, 0.1) is 5.82 Å². The van der Waals surface area contributed by atoms with Gasteiger partial charge in [0.1, 0.15) is 12.0 Å². The molecule has 0 saturated carbocycles. The zero-order chi connectivity index (χ0) is 13.8. The molecule has 3 nitrogen and oxygen atoms in total. The van der Waals surface area contributed by atoms with Crippen LogP contribution in [0.2, 0.25) is 0 Å². The van der Waals surface area contributed by atoms with Crippen molar-refractivity contribution in [1.82, 2.24) is 10.2 Å². The van der Waals surface area contributed by atoms with Gasteiger partial charge in [0, 0.05) is 6.54 Å². The molecule has 1 N–H and O–H groups in total. The van der Waals surface area contributed by atoms with Crippen LogP contribution in [0.1, 0.15) is 44.8 Å². The van der Waals surface area contributed by atoms with Gasteiger partial charge in [-0.3, -0.25) is 10.1 Å². The maximum absolute atomic E-state index is 13.0. The van der Waals surface area contributed by atoms with E-state index in [2.05, 4.69) is 12.2 Å². The number of hydrogen-bond acceptors (Lipinski definition) is 2. The Bertz CT molecular complexity index is 432. The Hall–Kier alpha value is -1.42. The highest BCUT2D eigenvalue weighted by Gasteiger charge is 2.36. The minimum atomic E-state index is -0.251. The molecule has 104 valence electrons. The molecular weight excluding hydrogens is 243 g/mol. The summed E-state index contributed by atoms with van der Waals surface area (Å²) in [4.78, 5) is 14.0. The summed E-state index contributed by atoms with van der Waals surface area (Å²) in [6, 6.07) is 6.19. The van der Waals surface area contributed by atoms with Crippen molar-refractivity contribution >= 4 is 5.91 Å². The third-order valence-corrected chi connectivity index (χ3v) is 3.56. The van der Waals surface area contributed by atoms with Crippen molar-refractivity contribution < 1.29 is 9.18 Å². The van der Waals surface area contributed by atoms with Crippen molar-refractivity contribution in [3.63, 3.8) is 0 Å². The second-order valence-electron chi connectivity index (χ2n) is 5.08. The Labute approximate surface area is 113 Å². The smallest absolute Gasteiger partial charge is 0.241 e. The van der Waals surface area contributed by atoms with Gasteiger partial charge in [-0.2, -0.15) is 0 Å². The van der Waals surface area contributed by atoms with Crippen molar-refractivity contribution in [3.8, 4) is 0 Å². The summed E-state index contributed by atoms with van der Waals surface area (Å²) >= 11 is 0. The maximum atomic E-state index is 13.0. The van der Waals surface area contributed by atoms with E-state index < -0.39 is 0 Å². The van der Waals surface area contributed by atoms with Gasteiger partial charge in [0.2, 0.25) is 5.91 Å². The van der Waals surface area contributed by atoms with Crippen LogP contribution in [0.25, 0.3) is 0 Å². The monoisotopic (exact) mass is 264 g/mol. The number of halogens is 1. The van der Waals surface area contributed by atoms with Crippen molar-refractivity contribution in [2.24, 2.45) is 0 Å². The van der Waals surface area contributed by atoms with Gasteiger partial charge in [-0.1, -0.05) is 31.9 Å². The fourth-order valence-electron chi connectivity index (χ4n) is 2.47. The molecule has 1 heterocycles. The molecule has 1 saturated heterocycles. The van der Waals surface area contributed by atoms with Crippen molar-refractivity contribution in [1.29, 1.82) is 0 Å². The quantitative estimate of drug-likeness (QED) is 0.829. The van der Waals surface area contributed by atoms with E-state index in [1.807, 2.05) is 11.8 Å². The molecule has 2 atom stereocenters. The number of rotatable bonds is 5. The first-order chi connectivity index (χ1) is 9.13. The van der Waals surface area contributed by atoms with Gasteiger partial charge in [-0.25, -0.2) is 4.39 Å². The lowest BCUT2D eigenvalue weighted by Gasteiger charge is -2.24. The zero-order valence-electron chi connectivity index (χ0n) is 11.5. The topological polar surface area (TPSA) is 32.3 Å². The summed E-state index contributed by atoms with van der Waals surface area (Å²) in [6.07, 6.45) is 3.13. The highest BCUT2D eigenvalue weighted by atomic mass is 19.1. The van der Waals surface area contributed by atoms with E-state index in [1.165, 1.54) is 12.1 Å². The van der Waals surface area contributed by atoms with Crippen molar-refractivity contribution in [2.45, 2.75) is 45.3 Å². The van der Waals surface area contributed by atoms with Crippen LogP contribution >= 0.6 is 0 Å². The number of benzene rings is 1. The van der Waals surface area contributed by atoms with Crippen LogP contribution in [0.15, 0.2) is 24.3 Å². The molecule has 0 aromatic heterocycles. The van der Waals surface area contributed by atoms with Crippen LogP contribution in [0.3, 0.4) is 0 Å². The number of amides is 1. The predicted molar refractivity (Wildman–Crippen MR) is 73.0 cm³/mol. The Morgan fingerprint density at radius 1 is 1.26 bits per heavy atom. The van der Waals surface area contributed by atoms with E-state index in [1.54, 1.807) is 12.1 Å². The molecule has 0 bridgehead atoms. The molecule has 2 rings (SSSR count). The van der Waals surface area contributed by atoms with E-state index in [0.29, 0.717) is 0 Å². The molecule has 19 heavy (non-hydrogen) atoms. The number of hydrogen-bond donors (Lipinski definition) is 1. The second kappa shape index (κ2) is 6.15. The molecule has 0 spiro atoms. The summed E-state index contributed by atoms with van der Waals surface area (Å²) in [5, 5.41) is 3.27. The molecule has 4 heteroatoms. The van der Waals surface area contributed by atoms with Crippen molar-refractivity contribution in [2.75, 3.05) is 6.54 Å². The molecule has 1 aliphatic rings. The molecule has 0 aliphatic carbocycles. The van der Waals surface area contributed by atoms with Crippen LogP contribution in [-0.2, 0) is 4.79 Å². The number of nitrogens with one attached hydrogen (secondary N) is 1. The third kappa shape index (κ3) is 3.13. The molecule has 1 amide bonds. The Morgan fingerprint density at radius 3 is 2.58 bits per heavy atom. The minimum absolute atomic E-state index is 0.125. The zero-order valence-corrected chi connectivity index (χ0v) is 11.5. The Kier molecular flexibility index (Phi) is 4.53. The Morgan fingerprint density at radius 2 is 1.95 bits per heavy atom. The first-order valence-electron chi connectivity index (χ1n) is 6.95. The van der Waals surface area contributed by atoms with Gasteiger partial charge in [0.15, 0.2) is 0 Å². The third-order valence-electron chi connectivity index (χ3n) is 3.56. The average molecular weight is 264 g/mol. The molecular formula is C15H21FN2O. The largest absolute Gasteiger partial charge is 0.322 e. The van der Waals surface area contributed by atoms with Crippen LogP contribution < -0.4 is 5.32 Å². The number of nitrogens with zero attached hydrogens (tertiary/aromatic N) is 1. The highest BCUT2D eigenvalue weighted by Crippen LogP contribution is 2.25. The van der Waals surface area contributed by atoms with Gasteiger partial charge in [-0.05, 0) is 31.0 Å². The standard InChI is InChI=1S/C15H21FN2O/c1-3-4-5-10-18-14(17-11(2)15(18)19)12-6-8-13(16)9-7-12/h6-9,11,14,17H,3-5,10H2,1-2H3. The van der Waals surface area contributed by atoms with Gasteiger partial charge in [0.25, 0.3) is 0 Å². The van der Waals surface area contributed by atoms with E-state index in [0.717, 1.165) is 31.4 Å². The molecule has 1 aromatic rings. The van der Waals surface area contributed by atoms with E-state index in [-0.39, 0.29) is 23.9 Å². The lowest BCUT2D eigenvalue weighted by Crippen LogP contribution is -2.31. The lowest BCUT2D eigenvalue weighted by atomic mass is 10.1. The molecule has 2 unspecified atom stereocenters. The Balaban J connectivity index is 2.12. The summed E-state index contributed by atoms with van der Waals surface area (Å²) in [5.74, 6) is -0.121. The van der Waals surface area contributed by atoms with Gasteiger partial charge < -0.3 is 4.90 Å². The SMILES string of the molecule is CCCCCN1C(=O)C(C)NC1c1ccc(F)cc1. The highest BCUT2D eigenvalue weighted by molar-refractivity contribution is 5.84. The number of unbranched alkanes of at least 4 members (excludes halogenated alkanes) is 2. The van der Waals surface area contributed by atoms with E-state index >= 15 is 0 Å². The van der Waals surface area contributed by atoms with Gasteiger partial charge >= 0.3 is 0 Å². The summed E-state index contributed by atoms with van der Waals surface area (Å²) in [5.41, 5.74) is 0.940. The molecule has 1 fully saturated rings. The molecule has 1 aliphatic heterocycles. The van der Waals surface area contributed by atoms with Crippen LogP contribution in [-0.4, -0.2) is 23.4 Å². The number of carbonyl (C=O) groups excluding carboxylic acids is 1. The molecule has 1 aromatic carbocycles. The fraction of sp³-hybridized carbons (Fsp3) is 0.533. The normalized spacial score (nSPS) is 23.1. The van der Waals surface area contributed by atoms with E-state index in [9.17, 15) is 9.18 Å². The predicted octanol–water partition coefficient (Wildman–Crippen LogP) is 2.83. The average Bonchev–Trinajstić information content (AvgIpc) is 2.68.